The number of hydrogen-bond acceptors (Lipinski definition) is 2. The minimum Gasteiger partial charge on any atom is -0.321 e. The van der Waals surface area contributed by atoms with Crippen molar-refractivity contribution in [2.75, 3.05) is 5.32 Å². The first-order valence-corrected chi connectivity index (χ1v) is 6.89. The number of aryl methyl sites for hydroxylation is 3. The number of nitrogens with zero attached hydrogens (tertiary/aromatic N) is 1. The largest absolute Gasteiger partial charge is 0.321 e. The van der Waals surface area contributed by atoms with Gasteiger partial charge in [-0.25, -0.2) is 0 Å². The molecule has 4 heteroatoms. The van der Waals surface area contributed by atoms with Gasteiger partial charge in [-0.2, -0.15) is 5.26 Å². The highest BCUT2D eigenvalue weighted by Crippen LogP contribution is 2.23. The number of carbonyl (C=O) groups excluding carboxylic acids is 1. The lowest BCUT2D eigenvalue weighted by atomic mass is 9.99. The number of halogens is 1. The Hall–Kier alpha value is -2.31. The average molecular weight is 299 g/mol. The summed E-state index contributed by atoms with van der Waals surface area (Å²) in [5.41, 5.74) is 4.37. The second kappa shape index (κ2) is 5.99. The summed E-state index contributed by atoms with van der Waals surface area (Å²) in [7, 11) is 0. The standard InChI is InChI=1S/C17H15ClN2O/c1-10-6-11(2)16(12(3)7-10)17(21)20-15-8-14(18)5-4-13(15)9-19/h4-8H,1-3H3,(H,20,21). The molecule has 1 amide bonds. The maximum atomic E-state index is 12.5. The highest BCUT2D eigenvalue weighted by atomic mass is 35.5. The van der Waals surface area contributed by atoms with Crippen molar-refractivity contribution < 1.29 is 4.79 Å². The minimum atomic E-state index is -0.233. The van der Waals surface area contributed by atoms with Crippen molar-refractivity contribution in [1.82, 2.24) is 0 Å². The normalized spacial score (nSPS) is 10.0. The summed E-state index contributed by atoms with van der Waals surface area (Å²) in [5, 5.41) is 12.3. The van der Waals surface area contributed by atoms with Crippen molar-refractivity contribution in [1.29, 1.82) is 5.26 Å². The highest BCUT2D eigenvalue weighted by Gasteiger charge is 2.14. The number of nitrogens with one attached hydrogen (secondary N) is 1. The van der Waals surface area contributed by atoms with E-state index in [2.05, 4.69) is 5.32 Å². The fraction of sp³-hybridized carbons (Fsp3) is 0.176. The molecule has 3 nitrogen and oxygen atoms in total. The predicted octanol–water partition coefficient (Wildman–Crippen LogP) is 4.39. The van der Waals surface area contributed by atoms with Crippen LogP contribution in [0, 0.1) is 32.1 Å². The monoisotopic (exact) mass is 298 g/mol. The van der Waals surface area contributed by atoms with Crippen LogP contribution in [0.25, 0.3) is 0 Å². The molecule has 106 valence electrons. The summed E-state index contributed by atoms with van der Waals surface area (Å²) in [5.74, 6) is -0.233. The molecule has 0 unspecified atom stereocenters. The fourth-order valence-corrected chi connectivity index (χ4v) is 2.61. The van der Waals surface area contributed by atoms with Crippen LogP contribution in [0.3, 0.4) is 0 Å². The van der Waals surface area contributed by atoms with Crippen LogP contribution in [-0.2, 0) is 0 Å². The third kappa shape index (κ3) is 3.24. The maximum Gasteiger partial charge on any atom is 0.256 e. The lowest BCUT2D eigenvalue weighted by molar-refractivity contribution is 0.102. The van der Waals surface area contributed by atoms with E-state index in [9.17, 15) is 4.79 Å². The van der Waals surface area contributed by atoms with Crippen molar-refractivity contribution in [2.45, 2.75) is 20.8 Å². The van der Waals surface area contributed by atoms with Gasteiger partial charge in [0.25, 0.3) is 5.91 Å². The van der Waals surface area contributed by atoms with Crippen LogP contribution in [0.1, 0.15) is 32.6 Å². The van der Waals surface area contributed by atoms with Gasteiger partial charge in [0.05, 0.1) is 11.3 Å². The molecule has 0 radical (unpaired) electrons. The van der Waals surface area contributed by atoms with E-state index in [4.69, 9.17) is 16.9 Å². The van der Waals surface area contributed by atoms with E-state index in [0.717, 1.165) is 16.7 Å². The Morgan fingerprint density at radius 2 is 1.76 bits per heavy atom. The SMILES string of the molecule is Cc1cc(C)c(C(=O)Nc2cc(Cl)ccc2C#N)c(C)c1. The zero-order valence-corrected chi connectivity index (χ0v) is 12.9. The van der Waals surface area contributed by atoms with Gasteiger partial charge in [-0.3, -0.25) is 4.79 Å². The second-order valence-corrected chi connectivity index (χ2v) is 5.47. The van der Waals surface area contributed by atoms with E-state index < -0.39 is 0 Å². The molecule has 0 heterocycles. The summed E-state index contributed by atoms with van der Waals surface area (Å²) in [6.45, 7) is 5.79. The molecule has 0 fully saturated rings. The molecule has 0 atom stereocenters. The first-order chi connectivity index (χ1) is 9.92. The number of amides is 1. The van der Waals surface area contributed by atoms with E-state index in [-0.39, 0.29) is 5.91 Å². The zero-order chi connectivity index (χ0) is 15.6. The number of nitriles is 1. The van der Waals surface area contributed by atoms with Gasteiger partial charge < -0.3 is 5.32 Å². The summed E-state index contributed by atoms with van der Waals surface area (Å²) in [6.07, 6.45) is 0. The molecule has 2 rings (SSSR count). The molecular weight excluding hydrogens is 284 g/mol. The zero-order valence-electron chi connectivity index (χ0n) is 12.1. The number of carbonyl (C=O) groups is 1. The third-order valence-electron chi connectivity index (χ3n) is 3.25. The van der Waals surface area contributed by atoms with Crippen LogP contribution >= 0.6 is 11.6 Å². The van der Waals surface area contributed by atoms with Crippen molar-refractivity contribution >= 4 is 23.2 Å². The topological polar surface area (TPSA) is 52.9 Å². The quantitative estimate of drug-likeness (QED) is 0.894. The molecule has 0 aliphatic carbocycles. The summed E-state index contributed by atoms with van der Waals surface area (Å²) >= 11 is 5.93. The van der Waals surface area contributed by atoms with E-state index in [0.29, 0.717) is 21.8 Å². The van der Waals surface area contributed by atoms with Crippen LogP contribution in [0.4, 0.5) is 5.69 Å². The van der Waals surface area contributed by atoms with Gasteiger partial charge in [0, 0.05) is 10.6 Å². The lowest BCUT2D eigenvalue weighted by Gasteiger charge is -2.12. The van der Waals surface area contributed by atoms with Gasteiger partial charge in [-0.1, -0.05) is 29.3 Å². The molecule has 0 aliphatic rings. The fourth-order valence-electron chi connectivity index (χ4n) is 2.44. The summed E-state index contributed by atoms with van der Waals surface area (Å²) in [6, 6.07) is 10.8. The molecule has 2 aromatic carbocycles. The first kappa shape index (κ1) is 15.1. The molecule has 0 bridgehead atoms. The molecule has 0 saturated carbocycles. The van der Waals surface area contributed by atoms with Crippen LogP contribution in [0.5, 0.6) is 0 Å². The van der Waals surface area contributed by atoms with Gasteiger partial charge in [-0.15, -0.1) is 0 Å². The second-order valence-electron chi connectivity index (χ2n) is 5.03. The Labute approximate surface area is 129 Å². The number of hydrogen-bond donors (Lipinski definition) is 1. The van der Waals surface area contributed by atoms with E-state index in [1.807, 2.05) is 39.0 Å². The number of benzene rings is 2. The Kier molecular flexibility index (Phi) is 4.30. The smallest absolute Gasteiger partial charge is 0.256 e. The van der Waals surface area contributed by atoms with Crippen molar-refractivity contribution in [3.8, 4) is 6.07 Å². The maximum absolute atomic E-state index is 12.5. The molecule has 21 heavy (non-hydrogen) atoms. The first-order valence-electron chi connectivity index (χ1n) is 6.51. The average Bonchev–Trinajstić information content (AvgIpc) is 2.37. The molecule has 0 spiro atoms. The molecule has 0 aliphatic heterocycles. The molecular formula is C17H15ClN2O. The van der Waals surface area contributed by atoms with Crippen LogP contribution in [0.15, 0.2) is 30.3 Å². The van der Waals surface area contributed by atoms with E-state index >= 15 is 0 Å². The van der Waals surface area contributed by atoms with Gasteiger partial charge in [-0.05, 0) is 50.1 Å². The lowest BCUT2D eigenvalue weighted by Crippen LogP contribution is -2.16. The van der Waals surface area contributed by atoms with Crippen LogP contribution < -0.4 is 5.32 Å². The Balaban J connectivity index is 2.40. The van der Waals surface area contributed by atoms with Crippen LogP contribution in [-0.4, -0.2) is 5.91 Å². The summed E-state index contributed by atoms with van der Waals surface area (Å²) in [4.78, 5) is 12.5. The Bertz CT molecular complexity index is 737. The number of rotatable bonds is 2. The highest BCUT2D eigenvalue weighted by molar-refractivity contribution is 6.31. The molecule has 1 N–H and O–H groups in total. The van der Waals surface area contributed by atoms with Crippen molar-refractivity contribution in [2.24, 2.45) is 0 Å². The van der Waals surface area contributed by atoms with Gasteiger partial charge in [0.15, 0.2) is 0 Å². The van der Waals surface area contributed by atoms with Crippen molar-refractivity contribution in [3.05, 3.63) is 63.2 Å². The number of anilines is 1. The van der Waals surface area contributed by atoms with Gasteiger partial charge >= 0.3 is 0 Å². The predicted molar refractivity (Wildman–Crippen MR) is 84.8 cm³/mol. The minimum absolute atomic E-state index is 0.233. The van der Waals surface area contributed by atoms with Crippen molar-refractivity contribution in [3.63, 3.8) is 0 Å². The van der Waals surface area contributed by atoms with E-state index in [1.54, 1.807) is 18.2 Å². The van der Waals surface area contributed by atoms with Gasteiger partial charge in [0.2, 0.25) is 0 Å². The van der Waals surface area contributed by atoms with E-state index in [1.165, 1.54) is 0 Å². The molecule has 0 saturated heterocycles. The summed E-state index contributed by atoms with van der Waals surface area (Å²) < 4.78 is 0. The van der Waals surface area contributed by atoms with Crippen LogP contribution in [0.2, 0.25) is 5.02 Å². The molecule has 2 aromatic rings. The third-order valence-corrected chi connectivity index (χ3v) is 3.49. The van der Waals surface area contributed by atoms with Gasteiger partial charge in [0.1, 0.15) is 6.07 Å². The Morgan fingerprint density at radius 1 is 1.14 bits per heavy atom. The molecule has 0 aromatic heterocycles. The Morgan fingerprint density at radius 3 is 2.33 bits per heavy atom.